The molecule has 24 heavy (non-hydrogen) atoms. The Labute approximate surface area is 139 Å². The van der Waals surface area contributed by atoms with Crippen LogP contribution in [0.3, 0.4) is 0 Å². The monoisotopic (exact) mass is 329 g/mol. The molecule has 2 aromatic rings. The molecule has 126 valence electrons. The second kappa shape index (κ2) is 6.84. The average molecular weight is 329 g/mol. The molecule has 0 aliphatic carbocycles. The highest BCUT2D eigenvalue weighted by Crippen LogP contribution is 2.24. The van der Waals surface area contributed by atoms with Crippen LogP contribution in [0.4, 0.5) is 0 Å². The molecule has 1 fully saturated rings. The number of benzene rings is 1. The standard InChI is InChI=1S/C17H19N3O4/c1-20-10-12(9-19-20)13-5-3-2-4-11(13)8-18-16(21)14-6-7-15(24-14)17(22)23/h2-5,9-10,14-15H,6-8H2,1H3,(H,18,21)(H,22,23)/t14-,15+/m0/s1. The van der Waals surface area contributed by atoms with Crippen molar-refractivity contribution in [3.05, 3.63) is 42.2 Å². The number of rotatable bonds is 5. The second-order valence-corrected chi connectivity index (χ2v) is 5.81. The third-order valence-electron chi connectivity index (χ3n) is 4.07. The maximum Gasteiger partial charge on any atom is 0.332 e. The van der Waals surface area contributed by atoms with Gasteiger partial charge in [-0.1, -0.05) is 24.3 Å². The molecule has 0 radical (unpaired) electrons. The van der Waals surface area contributed by atoms with Gasteiger partial charge in [-0.3, -0.25) is 9.48 Å². The van der Waals surface area contributed by atoms with Gasteiger partial charge in [0, 0.05) is 25.4 Å². The van der Waals surface area contributed by atoms with Crippen LogP contribution in [0.25, 0.3) is 11.1 Å². The number of carboxylic acids is 1. The Morgan fingerprint density at radius 3 is 2.75 bits per heavy atom. The van der Waals surface area contributed by atoms with E-state index in [9.17, 15) is 9.59 Å². The number of nitrogens with one attached hydrogen (secondary N) is 1. The Balaban J connectivity index is 1.65. The molecule has 2 atom stereocenters. The van der Waals surface area contributed by atoms with Crippen molar-refractivity contribution in [1.82, 2.24) is 15.1 Å². The zero-order valence-electron chi connectivity index (χ0n) is 13.3. The minimum Gasteiger partial charge on any atom is -0.479 e. The number of aromatic nitrogens is 2. The van der Waals surface area contributed by atoms with Crippen LogP contribution in [0.15, 0.2) is 36.7 Å². The quantitative estimate of drug-likeness (QED) is 0.863. The molecule has 2 N–H and O–H groups in total. The molecule has 3 rings (SSSR count). The second-order valence-electron chi connectivity index (χ2n) is 5.81. The van der Waals surface area contributed by atoms with E-state index in [2.05, 4.69) is 10.4 Å². The fourth-order valence-corrected chi connectivity index (χ4v) is 2.82. The maximum atomic E-state index is 12.2. The van der Waals surface area contributed by atoms with Crippen molar-refractivity contribution < 1.29 is 19.4 Å². The summed E-state index contributed by atoms with van der Waals surface area (Å²) in [5.41, 5.74) is 2.94. The first-order valence-electron chi connectivity index (χ1n) is 7.77. The summed E-state index contributed by atoms with van der Waals surface area (Å²) in [6, 6.07) is 7.77. The van der Waals surface area contributed by atoms with E-state index < -0.39 is 18.2 Å². The Morgan fingerprint density at radius 2 is 2.08 bits per heavy atom. The predicted molar refractivity (Wildman–Crippen MR) is 86.0 cm³/mol. The lowest BCUT2D eigenvalue weighted by molar-refractivity contribution is -0.151. The summed E-state index contributed by atoms with van der Waals surface area (Å²) < 4.78 is 6.99. The lowest BCUT2D eigenvalue weighted by Gasteiger charge is -2.13. The number of ether oxygens (including phenoxy) is 1. The van der Waals surface area contributed by atoms with Crippen LogP contribution in [0.5, 0.6) is 0 Å². The number of carbonyl (C=O) groups is 2. The van der Waals surface area contributed by atoms with E-state index in [1.807, 2.05) is 37.5 Å². The first-order chi connectivity index (χ1) is 11.5. The fraction of sp³-hybridized carbons (Fsp3) is 0.353. The largest absolute Gasteiger partial charge is 0.479 e. The smallest absolute Gasteiger partial charge is 0.332 e. The molecular formula is C17H19N3O4. The molecule has 7 heteroatoms. The summed E-state index contributed by atoms with van der Waals surface area (Å²) in [6.07, 6.45) is 2.89. The molecule has 1 aliphatic heterocycles. The zero-order chi connectivity index (χ0) is 17.1. The van der Waals surface area contributed by atoms with Gasteiger partial charge < -0.3 is 15.2 Å². The van der Waals surface area contributed by atoms with Gasteiger partial charge in [-0.2, -0.15) is 5.10 Å². The van der Waals surface area contributed by atoms with E-state index in [4.69, 9.17) is 9.84 Å². The van der Waals surface area contributed by atoms with Crippen molar-refractivity contribution in [3.63, 3.8) is 0 Å². The summed E-state index contributed by atoms with van der Waals surface area (Å²) in [5.74, 6) is -1.30. The minimum absolute atomic E-state index is 0.278. The average Bonchev–Trinajstić information content (AvgIpc) is 3.22. The highest BCUT2D eigenvalue weighted by Gasteiger charge is 2.34. The third-order valence-corrected chi connectivity index (χ3v) is 4.07. The molecule has 7 nitrogen and oxygen atoms in total. The van der Waals surface area contributed by atoms with Crippen LogP contribution in [-0.2, 0) is 27.9 Å². The topological polar surface area (TPSA) is 93.5 Å². The molecule has 2 heterocycles. The number of carboxylic acid groups (broad SMARTS) is 1. The lowest BCUT2D eigenvalue weighted by Crippen LogP contribution is -2.35. The number of amides is 1. The van der Waals surface area contributed by atoms with Crippen LogP contribution >= 0.6 is 0 Å². The van der Waals surface area contributed by atoms with Gasteiger partial charge in [-0.15, -0.1) is 0 Å². The minimum atomic E-state index is -1.02. The van der Waals surface area contributed by atoms with Gasteiger partial charge in [0.05, 0.1) is 6.20 Å². The Kier molecular flexibility index (Phi) is 4.61. The van der Waals surface area contributed by atoms with Crippen LogP contribution < -0.4 is 5.32 Å². The van der Waals surface area contributed by atoms with Crippen LogP contribution in [0.2, 0.25) is 0 Å². The van der Waals surface area contributed by atoms with Crippen molar-refractivity contribution in [2.24, 2.45) is 7.05 Å². The normalized spacial score (nSPS) is 20.0. The number of carbonyl (C=O) groups excluding carboxylic acids is 1. The van der Waals surface area contributed by atoms with E-state index >= 15 is 0 Å². The summed E-state index contributed by atoms with van der Waals surface area (Å²) >= 11 is 0. The van der Waals surface area contributed by atoms with Gasteiger partial charge in [0.25, 0.3) is 0 Å². The highest BCUT2D eigenvalue weighted by molar-refractivity contribution is 5.82. The molecule has 1 amide bonds. The van der Waals surface area contributed by atoms with Crippen molar-refractivity contribution in [2.75, 3.05) is 0 Å². The Bertz CT molecular complexity index is 756. The first kappa shape index (κ1) is 16.2. The van der Waals surface area contributed by atoms with Gasteiger partial charge >= 0.3 is 5.97 Å². The Hall–Kier alpha value is -2.67. The van der Waals surface area contributed by atoms with Crippen LogP contribution in [0, 0.1) is 0 Å². The van der Waals surface area contributed by atoms with E-state index in [1.165, 1.54) is 0 Å². The predicted octanol–water partition coefficient (Wildman–Crippen LogP) is 1.34. The van der Waals surface area contributed by atoms with Crippen molar-refractivity contribution >= 4 is 11.9 Å². The number of aryl methyl sites for hydroxylation is 1. The zero-order valence-corrected chi connectivity index (χ0v) is 13.3. The molecule has 1 aromatic carbocycles. The van der Waals surface area contributed by atoms with Gasteiger partial charge in [-0.05, 0) is 24.0 Å². The molecule has 1 saturated heterocycles. The number of aliphatic carboxylic acids is 1. The van der Waals surface area contributed by atoms with Crippen molar-refractivity contribution in [2.45, 2.75) is 31.6 Å². The highest BCUT2D eigenvalue weighted by atomic mass is 16.5. The number of nitrogens with zero attached hydrogens (tertiary/aromatic N) is 2. The summed E-state index contributed by atoms with van der Waals surface area (Å²) in [6.45, 7) is 0.349. The molecule has 0 spiro atoms. The van der Waals surface area contributed by atoms with E-state index in [-0.39, 0.29) is 5.91 Å². The molecule has 0 saturated carbocycles. The first-order valence-corrected chi connectivity index (χ1v) is 7.77. The van der Waals surface area contributed by atoms with Crippen LogP contribution in [0.1, 0.15) is 18.4 Å². The molecule has 0 bridgehead atoms. The van der Waals surface area contributed by atoms with Crippen molar-refractivity contribution in [1.29, 1.82) is 0 Å². The Morgan fingerprint density at radius 1 is 1.33 bits per heavy atom. The number of hydrogen-bond acceptors (Lipinski definition) is 4. The summed E-state index contributed by atoms with van der Waals surface area (Å²) in [5, 5.41) is 15.9. The third kappa shape index (κ3) is 3.46. The summed E-state index contributed by atoms with van der Waals surface area (Å²) in [4.78, 5) is 23.1. The van der Waals surface area contributed by atoms with E-state index in [0.717, 1.165) is 16.7 Å². The number of hydrogen-bond donors (Lipinski definition) is 2. The van der Waals surface area contributed by atoms with Gasteiger partial charge in [-0.25, -0.2) is 4.79 Å². The lowest BCUT2D eigenvalue weighted by atomic mass is 10.0. The maximum absolute atomic E-state index is 12.2. The SMILES string of the molecule is Cn1cc(-c2ccccc2CNC(=O)[C@@H]2CC[C@H](C(=O)O)O2)cn1. The van der Waals surface area contributed by atoms with E-state index in [1.54, 1.807) is 10.9 Å². The van der Waals surface area contributed by atoms with Gasteiger partial charge in [0.15, 0.2) is 6.10 Å². The van der Waals surface area contributed by atoms with Crippen molar-refractivity contribution in [3.8, 4) is 11.1 Å². The van der Waals surface area contributed by atoms with Gasteiger partial charge in [0.2, 0.25) is 5.91 Å². The van der Waals surface area contributed by atoms with Gasteiger partial charge in [0.1, 0.15) is 6.10 Å². The molecule has 0 unspecified atom stereocenters. The summed E-state index contributed by atoms with van der Waals surface area (Å²) in [7, 11) is 1.85. The molecular weight excluding hydrogens is 310 g/mol. The van der Waals surface area contributed by atoms with Crippen LogP contribution in [-0.4, -0.2) is 39.0 Å². The fourth-order valence-electron chi connectivity index (χ4n) is 2.82. The van der Waals surface area contributed by atoms with E-state index in [0.29, 0.717) is 19.4 Å². The molecule has 1 aromatic heterocycles. The molecule has 1 aliphatic rings.